The number of hydrogen-bond donors (Lipinski definition) is 1. The molecule has 2 N–H and O–H groups in total. The lowest BCUT2D eigenvalue weighted by atomic mass is 10.2. The third-order valence-corrected chi connectivity index (χ3v) is 2.34. The van der Waals surface area contributed by atoms with E-state index >= 15 is 0 Å². The van der Waals surface area contributed by atoms with Crippen molar-refractivity contribution in [3.8, 4) is 0 Å². The van der Waals surface area contributed by atoms with E-state index in [9.17, 15) is 10.1 Å². The normalized spacial score (nSPS) is 27.7. The molecule has 1 aromatic carbocycles. The van der Waals surface area contributed by atoms with Crippen LogP contribution in [0.2, 0.25) is 0 Å². The van der Waals surface area contributed by atoms with Crippen LogP contribution in [0.5, 0.6) is 0 Å². The molecule has 0 bridgehead atoms. The molecule has 86 valence electrons. The van der Waals surface area contributed by atoms with E-state index in [1.54, 1.807) is 0 Å². The zero-order valence-corrected chi connectivity index (χ0v) is 8.54. The van der Waals surface area contributed by atoms with Gasteiger partial charge in [-0.2, -0.15) is 0 Å². The monoisotopic (exact) mass is 224 g/mol. The van der Waals surface area contributed by atoms with Gasteiger partial charge < -0.3 is 4.74 Å². The van der Waals surface area contributed by atoms with E-state index in [2.05, 4.69) is 4.74 Å². The standard InChI is InChI=1S/C10H12N2O4/c11-10(9(16-10)12(13)14)15-7-6-8-4-2-1-3-5-8/h1-5,9H,6-7,11H2/t9?,10-/m0/s1. The predicted octanol–water partition coefficient (Wildman–Crippen LogP) is 0.491. The zero-order chi connectivity index (χ0) is 11.6. The summed E-state index contributed by atoms with van der Waals surface area (Å²) in [4.78, 5) is 9.74. The summed E-state index contributed by atoms with van der Waals surface area (Å²) in [6.45, 7) is 0.296. The third-order valence-electron chi connectivity index (χ3n) is 2.34. The van der Waals surface area contributed by atoms with Crippen molar-refractivity contribution < 1.29 is 14.4 Å². The van der Waals surface area contributed by atoms with Gasteiger partial charge in [-0.3, -0.25) is 20.6 Å². The quantitative estimate of drug-likeness (QED) is 0.340. The van der Waals surface area contributed by atoms with Gasteiger partial charge in [0.25, 0.3) is 0 Å². The van der Waals surface area contributed by atoms with Crippen molar-refractivity contribution in [2.75, 3.05) is 6.61 Å². The van der Waals surface area contributed by atoms with Gasteiger partial charge in [-0.1, -0.05) is 30.3 Å². The number of epoxide rings is 1. The molecule has 0 spiro atoms. The van der Waals surface area contributed by atoms with Gasteiger partial charge in [-0.05, 0) is 12.0 Å². The molecule has 1 heterocycles. The van der Waals surface area contributed by atoms with Gasteiger partial charge in [0.15, 0.2) is 0 Å². The van der Waals surface area contributed by atoms with E-state index < -0.39 is 17.1 Å². The Labute approximate surface area is 92.1 Å². The summed E-state index contributed by atoms with van der Waals surface area (Å²) in [6, 6.07) is 9.65. The second-order valence-electron chi connectivity index (χ2n) is 3.56. The van der Waals surface area contributed by atoms with Crippen LogP contribution in [-0.4, -0.2) is 23.7 Å². The highest BCUT2D eigenvalue weighted by molar-refractivity contribution is 5.14. The number of rotatable bonds is 5. The largest absolute Gasteiger partial charge is 0.388 e. The molecule has 1 fully saturated rings. The molecule has 0 radical (unpaired) electrons. The summed E-state index contributed by atoms with van der Waals surface area (Å²) in [6.07, 6.45) is -0.587. The zero-order valence-electron chi connectivity index (χ0n) is 8.54. The van der Waals surface area contributed by atoms with Crippen LogP contribution in [0.3, 0.4) is 0 Å². The average molecular weight is 224 g/mol. The number of benzene rings is 1. The summed E-state index contributed by atoms with van der Waals surface area (Å²) in [5.41, 5.74) is 6.56. The molecule has 1 aliphatic rings. The third kappa shape index (κ3) is 2.35. The number of nitro groups is 1. The minimum atomic E-state index is -1.53. The molecule has 1 aromatic rings. The van der Waals surface area contributed by atoms with Crippen LogP contribution < -0.4 is 5.73 Å². The van der Waals surface area contributed by atoms with Crippen LogP contribution in [-0.2, 0) is 15.9 Å². The van der Waals surface area contributed by atoms with Crippen molar-refractivity contribution in [2.45, 2.75) is 18.6 Å². The molecule has 6 heteroatoms. The van der Waals surface area contributed by atoms with Crippen molar-refractivity contribution >= 4 is 0 Å². The van der Waals surface area contributed by atoms with Crippen molar-refractivity contribution in [2.24, 2.45) is 5.73 Å². The number of hydrogen-bond acceptors (Lipinski definition) is 5. The van der Waals surface area contributed by atoms with E-state index in [4.69, 9.17) is 10.5 Å². The first-order valence-corrected chi connectivity index (χ1v) is 4.90. The fraction of sp³-hybridized carbons (Fsp3) is 0.400. The lowest BCUT2D eigenvalue weighted by molar-refractivity contribution is -0.520. The molecule has 1 aliphatic heterocycles. The van der Waals surface area contributed by atoms with Gasteiger partial charge in [0.05, 0.1) is 11.5 Å². The Kier molecular flexibility index (Phi) is 2.86. The second kappa shape index (κ2) is 4.17. The summed E-state index contributed by atoms with van der Waals surface area (Å²) in [5.74, 6) is -1.53. The Balaban J connectivity index is 1.76. The number of nitrogens with two attached hydrogens (primary N) is 1. The van der Waals surface area contributed by atoms with Crippen LogP contribution in [0.25, 0.3) is 0 Å². The average Bonchev–Trinajstić information content (AvgIpc) is 2.93. The molecule has 0 saturated carbocycles. The first-order chi connectivity index (χ1) is 7.62. The van der Waals surface area contributed by atoms with Gasteiger partial charge in [0, 0.05) is 0 Å². The molecule has 0 aliphatic carbocycles. The smallest absolute Gasteiger partial charge is 0.330 e. The highest BCUT2D eigenvalue weighted by Crippen LogP contribution is 2.32. The Hall–Kier alpha value is -1.50. The highest BCUT2D eigenvalue weighted by atomic mass is 16.9. The maximum atomic E-state index is 10.3. The van der Waals surface area contributed by atoms with Crippen molar-refractivity contribution in [3.63, 3.8) is 0 Å². The summed E-state index contributed by atoms with van der Waals surface area (Å²) < 4.78 is 9.79. The maximum Gasteiger partial charge on any atom is 0.388 e. The molecule has 1 unspecified atom stereocenters. The van der Waals surface area contributed by atoms with E-state index in [0.29, 0.717) is 13.0 Å². The summed E-state index contributed by atoms with van der Waals surface area (Å²) in [5, 5.41) is 10.3. The van der Waals surface area contributed by atoms with Gasteiger partial charge in [-0.25, -0.2) is 0 Å². The Bertz CT molecular complexity index is 384. The molecule has 0 amide bonds. The van der Waals surface area contributed by atoms with E-state index in [-0.39, 0.29) is 0 Å². The van der Waals surface area contributed by atoms with Crippen LogP contribution in [0.1, 0.15) is 5.56 Å². The first-order valence-electron chi connectivity index (χ1n) is 4.90. The number of nitrogens with zero attached hydrogens (tertiary/aromatic N) is 1. The van der Waals surface area contributed by atoms with Crippen molar-refractivity contribution in [1.29, 1.82) is 0 Å². The molecule has 2 rings (SSSR count). The van der Waals surface area contributed by atoms with Gasteiger partial charge in [0.1, 0.15) is 0 Å². The molecule has 0 aromatic heterocycles. The summed E-state index contributed by atoms with van der Waals surface area (Å²) >= 11 is 0. The van der Waals surface area contributed by atoms with Gasteiger partial charge >= 0.3 is 12.1 Å². The first kappa shape index (κ1) is 11.0. The lowest BCUT2D eigenvalue weighted by Crippen LogP contribution is -2.34. The molecule has 1 saturated heterocycles. The fourth-order valence-electron chi connectivity index (χ4n) is 1.41. The highest BCUT2D eigenvalue weighted by Gasteiger charge is 2.66. The van der Waals surface area contributed by atoms with E-state index in [1.165, 1.54) is 0 Å². The Morgan fingerprint density at radius 3 is 2.75 bits per heavy atom. The van der Waals surface area contributed by atoms with E-state index in [0.717, 1.165) is 5.56 Å². The SMILES string of the molecule is N[C@@]1(OCCc2ccccc2)OC1[N+](=O)[O-]. The summed E-state index contributed by atoms with van der Waals surface area (Å²) in [7, 11) is 0. The predicted molar refractivity (Wildman–Crippen MR) is 54.9 cm³/mol. The molecule has 6 nitrogen and oxygen atoms in total. The molecule has 16 heavy (non-hydrogen) atoms. The minimum Gasteiger partial charge on any atom is -0.330 e. The second-order valence-corrected chi connectivity index (χ2v) is 3.56. The fourth-order valence-corrected chi connectivity index (χ4v) is 1.41. The van der Waals surface area contributed by atoms with Gasteiger partial charge in [-0.15, -0.1) is 0 Å². The van der Waals surface area contributed by atoms with Crippen LogP contribution in [0.15, 0.2) is 30.3 Å². The molecule has 2 atom stereocenters. The van der Waals surface area contributed by atoms with Crippen molar-refractivity contribution in [3.05, 3.63) is 46.0 Å². The topological polar surface area (TPSA) is 90.9 Å². The van der Waals surface area contributed by atoms with Gasteiger partial charge in [0.2, 0.25) is 0 Å². The maximum absolute atomic E-state index is 10.3. The van der Waals surface area contributed by atoms with Crippen LogP contribution in [0.4, 0.5) is 0 Å². The minimum absolute atomic E-state index is 0.296. The lowest BCUT2D eigenvalue weighted by Gasteiger charge is -2.05. The van der Waals surface area contributed by atoms with Crippen molar-refractivity contribution in [1.82, 2.24) is 0 Å². The van der Waals surface area contributed by atoms with E-state index in [1.807, 2.05) is 30.3 Å². The number of ether oxygens (including phenoxy) is 2. The Morgan fingerprint density at radius 1 is 1.50 bits per heavy atom. The van der Waals surface area contributed by atoms with Crippen LogP contribution >= 0.6 is 0 Å². The van der Waals surface area contributed by atoms with Crippen LogP contribution in [0, 0.1) is 10.1 Å². The molecular formula is C10H12N2O4. The Morgan fingerprint density at radius 2 is 2.19 bits per heavy atom. The molecular weight excluding hydrogens is 212 g/mol.